The van der Waals surface area contributed by atoms with Crippen molar-refractivity contribution in [1.29, 1.82) is 0 Å². The van der Waals surface area contributed by atoms with Crippen molar-refractivity contribution >= 4 is 296 Å². The lowest BCUT2D eigenvalue weighted by Gasteiger charge is -2.31. The Morgan fingerprint density at radius 2 is 0.500 bits per heavy atom. The molecule has 0 atom stereocenters. The van der Waals surface area contributed by atoms with Gasteiger partial charge < -0.3 is 4.42 Å². The van der Waals surface area contributed by atoms with Crippen LogP contribution in [0.1, 0.15) is 0 Å². The number of benzene rings is 7. The van der Waals surface area contributed by atoms with Gasteiger partial charge in [0.2, 0.25) is 0 Å². The number of hydrogen-bond donors (Lipinski definition) is 0. The Hall–Kier alpha value is -3.91. The van der Waals surface area contributed by atoms with Crippen molar-refractivity contribution in [3.63, 3.8) is 0 Å². The van der Waals surface area contributed by atoms with Gasteiger partial charge in [0.15, 0.2) is 0 Å². The van der Waals surface area contributed by atoms with Gasteiger partial charge in [-0.2, -0.15) is 0 Å². The van der Waals surface area contributed by atoms with E-state index in [-0.39, 0.29) is 0 Å². The highest BCUT2D eigenvalue weighted by molar-refractivity contribution is 6.74. The highest BCUT2D eigenvalue weighted by Crippen LogP contribution is 2.39. The van der Waals surface area contributed by atoms with Gasteiger partial charge in [-0.3, -0.25) is 0 Å². The Kier molecular flexibility index (Phi) is 9.93. The number of furan rings is 1. The van der Waals surface area contributed by atoms with Crippen LogP contribution in [0.5, 0.6) is 0 Å². The van der Waals surface area contributed by atoms with Gasteiger partial charge in [-0.15, -0.1) is 27.3 Å². The van der Waals surface area contributed by atoms with Crippen molar-refractivity contribution < 1.29 is 4.42 Å². The van der Waals surface area contributed by atoms with Crippen LogP contribution < -0.4 is 104 Å². The van der Waals surface area contributed by atoms with E-state index < -0.39 is 0 Å². The van der Waals surface area contributed by atoms with Gasteiger partial charge in [0.25, 0.3) is 0 Å². The number of rotatable bonds is 3. The molecule has 0 bridgehead atoms. The van der Waals surface area contributed by atoms with Crippen molar-refractivity contribution in [2.45, 2.75) is 0 Å². The average Bonchev–Trinajstić information content (AvgIpc) is 3.62. The van der Waals surface area contributed by atoms with Crippen molar-refractivity contribution in [3.8, 4) is 33.4 Å². The van der Waals surface area contributed by atoms with E-state index in [2.05, 4.69) is 179 Å². The zero-order valence-corrected chi connectivity index (χ0v) is 38.8. The fraction of sp³-hybridized carbons (Fsp3) is 0. The molecule has 20 heteroatoms. The molecule has 0 unspecified atom stereocenters. The van der Waals surface area contributed by atoms with Crippen molar-refractivity contribution in [3.05, 3.63) is 30.3 Å². The summed E-state index contributed by atoms with van der Waals surface area (Å²) >= 11 is 0. The highest BCUT2D eigenvalue weighted by atomic mass is 16.3. The third-order valence-corrected chi connectivity index (χ3v) is 15.9. The Morgan fingerprint density at radius 1 is 0.224 bits per heavy atom. The number of hydrogen-bond acceptors (Lipinski definition) is 1. The Bertz CT molecular complexity index is 3100. The lowest BCUT2D eigenvalue weighted by atomic mass is 9.56. The minimum Gasteiger partial charge on any atom is -0.457 e. The van der Waals surface area contributed by atoms with E-state index in [9.17, 15) is 0 Å². The summed E-state index contributed by atoms with van der Waals surface area (Å²) in [5.41, 5.74) is 35.9. The molecule has 0 radical (unpaired) electrons. The molecule has 1 aromatic heterocycles. The summed E-state index contributed by atoms with van der Waals surface area (Å²) in [4.78, 5) is 0. The Balaban J connectivity index is 1.71. The van der Waals surface area contributed by atoms with Crippen LogP contribution >= 0.6 is 0 Å². The summed E-state index contributed by atoms with van der Waals surface area (Å²) in [6.45, 7) is 0. The summed E-state index contributed by atoms with van der Waals surface area (Å²) in [6.07, 6.45) is 0. The lowest BCUT2D eigenvalue weighted by Crippen LogP contribution is -2.51. The lowest BCUT2D eigenvalue weighted by molar-refractivity contribution is 0.675. The first-order valence-electron chi connectivity index (χ1n) is 21.3. The maximum atomic E-state index is 6.98. The van der Waals surface area contributed by atoms with Crippen LogP contribution in [0.2, 0.25) is 0 Å². The largest absolute Gasteiger partial charge is 0.457 e. The zero-order valence-electron chi connectivity index (χ0n) is 38.8. The number of fused-ring (bicyclic) bond motifs is 5. The molecule has 7 aromatic carbocycles. The SMILES string of the molecule is Bc1c(B)c(-c2c3c(B)c(B)c(B)c(B)c3c(-c3c(B)c(B)c4oc5c(B)c(B)c(B)c(B)c5c4c3B)c3c(B)c(B)c(B)c(B)c23)c(B)c(B)c1-c1ccccc1. The third-order valence-electron chi connectivity index (χ3n) is 15.9. The monoisotopic (exact) mass is 725 g/mol. The minimum atomic E-state index is 1.03. The third kappa shape index (κ3) is 5.31. The van der Waals surface area contributed by atoms with Gasteiger partial charge in [0, 0.05) is 10.8 Å². The summed E-state index contributed by atoms with van der Waals surface area (Å²) in [5, 5.41) is 8.14. The van der Waals surface area contributed by atoms with Gasteiger partial charge >= 0.3 is 0 Å². The molecule has 0 spiro atoms. The second-order valence-corrected chi connectivity index (χ2v) is 18.1. The summed E-state index contributed by atoms with van der Waals surface area (Å²) < 4.78 is 6.98. The summed E-state index contributed by atoms with van der Waals surface area (Å²) in [6, 6.07) is 11.0. The molecule has 0 aliphatic rings. The first-order chi connectivity index (χ1) is 27.3. The van der Waals surface area contributed by atoms with Crippen molar-refractivity contribution in [2.75, 3.05) is 0 Å². The van der Waals surface area contributed by atoms with Gasteiger partial charge in [-0.05, 0) is 54.9 Å². The first-order valence-corrected chi connectivity index (χ1v) is 21.3. The molecule has 8 rings (SSSR count). The van der Waals surface area contributed by atoms with E-state index in [1.807, 2.05) is 0 Å². The molecular formula is C38H43B19O. The molecule has 8 aromatic rings. The fourth-order valence-corrected chi connectivity index (χ4v) is 11.1. The molecule has 0 fully saturated rings. The quantitative estimate of drug-likeness (QED) is 0.131. The molecule has 0 aliphatic carbocycles. The molecular weight excluding hydrogens is 678 g/mol. The minimum absolute atomic E-state index is 1.03. The molecule has 0 amide bonds. The van der Waals surface area contributed by atoms with E-state index in [1.165, 1.54) is 169 Å². The van der Waals surface area contributed by atoms with E-state index >= 15 is 0 Å². The van der Waals surface area contributed by atoms with Crippen molar-refractivity contribution in [1.82, 2.24) is 0 Å². The predicted molar refractivity (Wildman–Crippen MR) is 320 cm³/mol. The summed E-state index contributed by atoms with van der Waals surface area (Å²) in [7, 11) is 44.5. The standard InChI is InChI=1S/C38H43B19O/c39-18-14(27(48)35(56)37-16(18)17-28(49)33(54)34(55)36(57)38(17)58-37)8-10-12(23(44)31(52)29(50)21(10)42)9(13-11(8)22(43)30(51)32(53)24(13)45)15-25(46)19(40)7(20(41)26(15)47)6-4-2-1-3-5-6/h1-5H,39-57H2. The molecule has 1 nitrogen and oxygen atoms in total. The predicted octanol–water partition coefficient (Wildman–Crippen LogP) is -22.2. The second-order valence-electron chi connectivity index (χ2n) is 18.1. The molecule has 58 heavy (non-hydrogen) atoms. The van der Waals surface area contributed by atoms with Crippen LogP contribution in [0.4, 0.5) is 0 Å². The van der Waals surface area contributed by atoms with E-state index in [0.29, 0.717) is 0 Å². The van der Waals surface area contributed by atoms with Gasteiger partial charge in [-0.25, -0.2) is 0 Å². The Labute approximate surface area is 362 Å². The summed E-state index contributed by atoms with van der Waals surface area (Å²) in [5.74, 6) is 0. The van der Waals surface area contributed by atoms with Crippen LogP contribution in [0.15, 0.2) is 34.7 Å². The van der Waals surface area contributed by atoms with Crippen LogP contribution in [-0.2, 0) is 0 Å². The Morgan fingerprint density at radius 3 is 0.897 bits per heavy atom. The van der Waals surface area contributed by atoms with Crippen LogP contribution in [0.3, 0.4) is 0 Å². The van der Waals surface area contributed by atoms with Gasteiger partial charge in [0.05, 0.1) is 0 Å². The van der Waals surface area contributed by atoms with Gasteiger partial charge in [0.1, 0.15) is 160 Å². The molecule has 0 saturated carbocycles. The zero-order chi connectivity index (χ0) is 42.3. The molecule has 0 saturated heterocycles. The van der Waals surface area contributed by atoms with E-state index in [1.54, 1.807) is 0 Å². The first kappa shape index (κ1) is 40.9. The average molecular weight is 721 g/mol. The normalized spacial score (nSPS) is 11.7. The van der Waals surface area contributed by atoms with Crippen LogP contribution in [-0.4, -0.2) is 149 Å². The van der Waals surface area contributed by atoms with Crippen LogP contribution in [0.25, 0.3) is 76.9 Å². The molecule has 258 valence electrons. The maximum absolute atomic E-state index is 6.98. The van der Waals surface area contributed by atoms with Crippen molar-refractivity contribution in [2.24, 2.45) is 0 Å². The highest BCUT2D eigenvalue weighted by Gasteiger charge is 2.30. The second kappa shape index (κ2) is 14.1. The topological polar surface area (TPSA) is 13.1 Å². The maximum Gasteiger partial charge on any atom is 0.143 e. The van der Waals surface area contributed by atoms with Crippen LogP contribution in [0, 0.1) is 0 Å². The van der Waals surface area contributed by atoms with E-state index in [0.717, 1.165) is 11.2 Å². The van der Waals surface area contributed by atoms with E-state index in [4.69, 9.17) is 4.42 Å². The molecule has 0 aliphatic heterocycles. The smallest absolute Gasteiger partial charge is 0.143 e. The van der Waals surface area contributed by atoms with Gasteiger partial charge in [-0.1, -0.05) is 107 Å². The molecule has 1 heterocycles. The fourth-order valence-electron chi connectivity index (χ4n) is 11.1. The molecule has 0 N–H and O–H groups in total.